The molecule has 2 saturated heterocycles. The number of nitrogens with zero attached hydrogens (tertiary/aromatic N) is 1. The molecule has 2 unspecified atom stereocenters. The Bertz CT molecular complexity index is 459. The number of rotatable bonds is 4. The van der Waals surface area contributed by atoms with Crippen LogP contribution >= 0.6 is 0 Å². The number of epoxide rings is 1. The van der Waals surface area contributed by atoms with E-state index in [0.29, 0.717) is 12.0 Å². The van der Waals surface area contributed by atoms with E-state index in [1.54, 1.807) is 7.11 Å². The number of aliphatic hydroxyl groups is 1. The van der Waals surface area contributed by atoms with Crippen molar-refractivity contribution in [3.8, 4) is 5.75 Å². The first kappa shape index (κ1) is 13.9. The summed E-state index contributed by atoms with van der Waals surface area (Å²) in [6.45, 7) is 4.97. The number of piperidine rings is 1. The smallest absolute Gasteiger partial charge is 0.138 e. The van der Waals surface area contributed by atoms with Gasteiger partial charge in [0.15, 0.2) is 0 Å². The van der Waals surface area contributed by atoms with Gasteiger partial charge in [-0.05, 0) is 43.9 Å². The zero-order valence-electron chi connectivity index (χ0n) is 12.3. The summed E-state index contributed by atoms with van der Waals surface area (Å²) >= 11 is 0. The Morgan fingerprint density at radius 1 is 1.30 bits per heavy atom. The maximum atomic E-state index is 9.85. The predicted octanol–water partition coefficient (Wildman–Crippen LogP) is 2.18. The lowest BCUT2D eigenvalue weighted by atomic mass is 9.91. The Morgan fingerprint density at radius 3 is 2.60 bits per heavy atom. The second-order valence-corrected chi connectivity index (χ2v) is 5.95. The van der Waals surface area contributed by atoms with Gasteiger partial charge in [0.1, 0.15) is 12.0 Å². The molecule has 2 aliphatic rings. The van der Waals surface area contributed by atoms with Crippen molar-refractivity contribution in [3.05, 3.63) is 29.8 Å². The van der Waals surface area contributed by atoms with Crippen molar-refractivity contribution in [1.82, 2.24) is 4.90 Å². The number of benzene rings is 1. The van der Waals surface area contributed by atoms with Crippen molar-refractivity contribution in [2.24, 2.45) is 5.92 Å². The average molecular weight is 277 g/mol. The van der Waals surface area contributed by atoms with Gasteiger partial charge in [-0.3, -0.25) is 4.90 Å². The lowest BCUT2D eigenvalue weighted by molar-refractivity contribution is 0.0452. The lowest BCUT2D eigenvalue weighted by Crippen LogP contribution is -2.43. The standard InChI is InChI=1S/C16H23NO3/c1-10(12-4-6-14(19-3)7-5-12)17-9-13(11(2)18)8-15-16(17)20-15/h4-7,10-11,13,15-16,18H,8-9H2,1-3H3/t10-,11+,13-,15?,16?/m1/s1. The Hall–Kier alpha value is -1.10. The van der Waals surface area contributed by atoms with E-state index in [-0.39, 0.29) is 18.4 Å². The Morgan fingerprint density at radius 2 is 2.00 bits per heavy atom. The highest BCUT2D eigenvalue weighted by Gasteiger charge is 2.51. The van der Waals surface area contributed by atoms with Crippen LogP contribution in [0.4, 0.5) is 0 Å². The number of hydrogen-bond acceptors (Lipinski definition) is 4. The second kappa shape index (κ2) is 5.35. The molecule has 0 saturated carbocycles. The van der Waals surface area contributed by atoms with Gasteiger partial charge in [-0.15, -0.1) is 0 Å². The highest BCUT2D eigenvalue weighted by molar-refractivity contribution is 5.29. The van der Waals surface area contributed by atoms with E-state index in [1.807, 2.05) is 19.1 Å². The molecule has 0 spiro atoms. The zero-order valence-corrected chi connectivity index (χ0v) is 12.3. The number of fused-ring (bicyclic) bond motifs is 1. The monoisotopic (exact) mass is 277 g/mol. The molecule has 4 heteroatoms. The summed E-state index contributed by atoms with van der Waals surface area (Å²) in [5, 5.41) is 9.85. The largest absolute Gasteiger partial charge is 0.497 e. The molecule has 110 valence electrons. The summed E-state index contributed by atoms with van der Waals surface area (Å²) in [6.07, 6.45) is 1.26. The van der Waals surface area contributed by atoms with Crippen LogP contribution < -0.4 is 4.74 Å². The van der Waals surface area contributed by atoms with Crippen LogP contribution in [0, 0.1) is 5.92 Å². The quantitative estimate of drug-likeness (QED) is 0.857. The van der Waals surface area contributed by atoms with Crippen molar-refractivity contribution in [2.75, 3.05) is 13.7 Å². The molecule has 1 N–H and O–H groups in total. The zero-order chi connectivity index (χ0) is 14.3. The summed E-state index contributed by atoms with van der Waals surface area (Å²) in [5.41, 5.74) is 1.26. The number of ether oxygens (including phenoxy) is 2. The molecular weight excluding hydrogens is 254 g/mol. The fraction of sp³-hybridized carbons (Fsp3) is 0.625. The molecule has 1 aromatic carbocycles. The number of methoxy groups -OCH3 is 1. The van der Waals surface area contributed by atoms with E-state index < -0.39 is 0 Å². The molecule has 0 aliphatic carbocycles. The maximum Gasteiger partial charge on any atom is 0.138 e. The maximum absolute atomic E-state index is 9.85. The average Bonchev–Trinajstić information content (AvgIpc) is 3.24. The van der Waals surface area contributed by atoms with Gasteiger partial charge in [-0.1, -0.05) is 12.1 Å². The molecule has 3 rings (SSSR count). The van der Waals surface area contributed by atoms with Gasteiger partial charge in [-0.2, -0.15) is 0 Å². The van der Waals surface area contributed by atoms with Crippen molar-refractivity contribution >= 4 is 0 Å². The third-order valence-electron chi connectivity index (χ3n) is 4.64. The van der Waals surface area contributed by atoms with E-state index in [4.69, 9.17) is 9.47 Å². The summed E-state index contributed by atoms with van der Waals surface area (Å²) in [5.74, 6) is 1.18. The van der Waals surface area contributed by atoms with Gasteiger partial charge in [0, 0.05) is 12.6 Å². The fourth-order valence-electron chi connectivity index (χ4n) is 3.15. The van der Waals surface area contributed by atoms with Crippen LogP contribution in [0.15, 0.2) is 24.3 Å². The minimum Gasteiger partial charge on any atom is -0.497 e. The molecule has 2 heterocycles. The summed E-state index contributed by atoms with van der Waals surface area (Å²) in [4.78, 5) is 2.37. The first-order chi connectivity index (χ1) is 9.60. The van der Waals surface area contributed by atoms with Crippen LogP contribution in [0.2, 0.25) is 0 Å². The second-order valence-electron chi connectivity index (χ2n) is 5.95. The summed E-state index contributed by atoms with van der Waals surface area (Å²) < 4.78 is 10.9. The molecule has 4 nitrogen and oxygen atoms in total. The normalized spacial score (nSPS) is 32.3. The van der Waals surface area contributed by atoms with Crippen molar-refractivity contribution in [2.45, 2.75) is 44.7 Å². The Balaban J connectivity index is 1.73. The van der Waals surface area contributed by atoms with Crippen LogP contribution in [-0.2, 0) is 4.74 Å². The van der Waals surface area contributed by atoms with E-state index in [0.717, 1.165) is 18.7 Å². The van der Waals surface area contributed by atoms with E-state index in [9.17, 15) is 5.11 Å². The molecule has 0 amide bonds. The fourth-order valence-corrected chi connectivity index (χ4v) is 3.15. The predicted molar refractivity (Wildman–Crippen MR) is 76.6 cm³/mol. The summed E-state index contributed by atoms with van der Waals surface area (Å²) in [6, 6.07) is 8.48. The summed E-state index contributed by atoms with van der Waals surface area (Å²) in [7, 11) is 1.68. The van der Waals surface area contributed by atoms with Gasteiger partial charge in [0.05, 0.1) is 19.3 Å². The lowest BCUT2D eigenvalue weighted by Gasteiger charge is -2.35. The molecule has 0 bridgehead atoms. The van der Waals surface area contributed by atoms with E-state index in [2.05, 4.69) is 24.0 Å². The Kier molecular flexibility index (Phi) is 3.71. The van der Waals surface area contributed by atoms with Crippen LogP contribution in [0.3, 0.4) is 0 Å². The molecule has 0 radical (unpaired) electrons. The first-order valence-corrected chi connectivity index (χ1v) is 7.33. The third-order valence-corrected chi connectivity index (χ3v) is 4.64. The molecule has 20 heavy (non-hydrogen) atoms. The molecule has 2 fully saturated rings. The van der Waals surface area contributed by atoms with Crippen LogP contribution in [-0.4, -0.2) is 42.1 Å². The first-order valence-electron chi connectivity index (χ1n) is 7.33. The van der Waals surface area contributed by atoms with Crippen molar-refractivity contribution in [3.63, 3.8) is 0 Å². The minimum atomic E-state index is -0.272. The van der Waals surface area contributed by atoms with Crippen LogP contribution in [0.5, 0.6) is 5.75 Å². The third kappa shape index (κ3) is 2.55. The van der Waals surface area contributed by atoms with Crippen LogP contribution in [0.1, 0.15) is 31.9 Å². The Labute approximate surface area is 120 Å². The molecule has 2 aliphatic heterocycles. The molecular formula is C16H23NO3. The number of likely N-dealkylation sites (tertiary alicyclic amines) is 1. The van der Waals surface area contributed by atoms with Gasteiger partial charge in [0.2, 0.25) is 0 Å². The van der Waals surface area contributed by atoms with Crippen molar-refractivity contribution < 1.29 is 14.6 Å². The highest BCUT2D eigenvalue weighted by Crippen LogP contribution is 2.42. The van der Waals surface area contributed by atoms with Gasteiger partial charge < -0.3 is 14.6 Å². The number of aliphatic hydroxyl groups excluding tert-OH is 1. The van der Waals surface area contributed by atoms with Gasteiger partial charge in [-0.25, -0.2) is 0 Å². The topological polar surface area (TPSA) is 45.2 Å². The minimum absolute atomic E-state index is 0.238. The van der Waals surface area contributed by atoms with Crippen molar-refractivity contribution in [1.29, 1.82) is 0 Å². The molecule has 5 atom stereocenters. The van der Waals surface area contributed by atoms with E-state index >= 15 is 0 Å². The van der Waals surface area contributed by atoms with E-state index in [1.165, 1.54) is 5.56 Å². The SMILES string of the molecule is COc1ccc([C@@H](C)N2C[C@H]([C@H](C)O)CC3OC32)cc1. The molecule has 0 aromatic heterocycles. The van der Waals surface area contributed by atoms with Gasteiger partial charge in [0.25, 0.3) is 0 Å². The van der Waals surface area contributed by atoms with Crippen LogP contribution in [0.25, 0.3) is 0 Å². The molecule has 1 aromatic rings. The highest BCUT2D eigenvalue weighted by atomic mass is 16.6. The number of hydrogen-bond donors (Lipinski definition) is 1. The van der Waals surface area contributed by atoms with Gasteiger partial charge >= 0.3 is 0 Å².